The van der Waals surface area contributed by atoms with Gasteiger partial charge in [0, 0.05) is 19.8 Å². The van der Waals surface area contributed by atoms with Crippen molar-refractivity contribution in [3.63, 3.8) is 0 Å². The molecular formula is C16H15N3O3S. The number of hydrogen-bond donors (Lipinski definition) is 0. The maximum Gasteiger partial charge on any atom is 0.331 e. The number of nitrogens with zero attached hydrogens (tertiary/aromatic N) is 3. The van der Waals surface area contributed by atoms with Gasteiger partial charge in [0.2, 0.25) is 5.91 Å². The average Bonchev–Trinajstić information content (AvgIpc) is 3.06. The summed E-state index contributed by atoms with van der Waals surface area (Å²) < 4.78 is 2.85. The zero-order valence-electron chi connectivity index (χ0n) is 12.7. The minimum Gasteiger partial charge on any atom is -0.314 e. The molecule has 2 heterocycles. The highest BCUT2D eigenvalue weighted by Crippen LogP contribution is 2.16. The van der Waals surface area contributed by atoms with E-state index in [0.717, 1.165) is 10.3 Å². The Morgan fingerprint density at radius 3 is 2.57 bits per heavy atom. The van der Waals surface area contributed by atoms with Crippen molar-refractivity contribution in [3.05, 3.63) is 62.6 Å². The summed E-state index contributed by atoms with van der Waals surface area (Å²) in [5.74, 6) is -0.232. The van der Waals surface area contributed by atoms with Gasteiger partial charge >= 0.3 is 5.69 Å². The van der Waals surface area contributed by atoms with Crippen LogP contribution < -0.4 is 16.1 Å². The quantitative estimate of drug-likeness (QED) is 0.730. The molecule has 118 valence electrons. The van der Waals surface area contributed by atoms with Gasteiger partial charge in [-0.15, -0.1) is 11.3 Å². The van der Waals surface area contributed by atoms with E-state index in [1.807, 2.05) is 30.3 Å². The van der Waals surface area contributed by atoms with Crippen molar-refractivity contribution in [2.75, 3.05) is 11.9 Å². The number of anilines is 1. The van der Waals surface area contributed by atoms with Crippen molar-refractivity contribution in [3.8, 4) is 0 Å². The number of hydrogen-bond acceptors (Lipinski definition) is 4. The summed E-state index contributed by atoms with van der Waals surface area (Å²) in [7, 11) is 3.08. The van der Waals surface area contributed by atoms with Gasteiger partial charge in [0.05, 0.1) is 5.52 Å². The van der Waals surface area contributed by atoms with Crippen LogP contribution in [0.1, 0.15) is 0 Å². The molecule has 1 amide bonds. The molecule has 0 saturated carbocycles. The minimum atomic E-state index is -0.490. The predicted octanol–water partition coefficient (Wildman–Crippen LogP) is 1.42. The van der Waals surface area contributed by atoms with Crippen molar-refractivity contribution < 1.29 is 4.79 Å². The van der Waals surface area contributed by atoms with Gasteiger partial charge in [-0.1, -0.05) is 18.2 Å². The highest BCUT2D eigenvalue weighted by molar-refractivity contribution is 7.17. The van der Waals surface area contributed by atoms with Crippen molar-refractivity contribution in [2.24, 2.45) is 7.05 Å². The Bertz CT molecular complexity index is 985. The fraction of sp³-hybridized carbons (Fsp3) is 0.188. The van der Waals surface area contributed by atoms with Gasteiger partial charge in [-0.2, -0.15) is 0 Å². The van der Waals surface area contributed by atoms with Gasteiger partial charge in [-0.05, 0) is 23.6 Å². The average molecular weight is 329 g/mol. The Morgan fingerprint density at radius 1 is 1.17 bits per heavy atom. The molecule has 0 aliphatic heterocycles. The van der Waals surface area contributed by atoms with Gasteiger partial charge in [-0.25, -0.2) is 4.79 Å². The lowest BCUT2D eigenvalue weighted by molar-refractivity contribution is -0.118. The van der Waals surface area contributed by atoms with E-state index < -0.39 is 5.69 Å². The number of benzene rings is 1. The first-order chi connectivity index (χ1) is 11.0. The Labute approximate surface area is 135 Å². The third kappa shape index (κ3) is 2.59. The fourth-order valence-corrected chi connectivity index (χ4v) is 3.26. The molecule has 0 bridgehead atoms. The smallest absolute Gasteiger partial charge is 0.314 e. The Morgan fingerprint density at radius 2 is 1.87 bits per heavy atom. The van der Waals surface area contributed by atoms with E-state index in [1.165, 1.54) is 27.9 Å². The molecule has 3 aromatic rings. The number of para-hydroxylation sites is 1. The molecule has 23 heavy (non-hydrogen) atoms. The van der Waals surface area contributed by atoms with Crippen molar-refractivity contribution >= 4 is 33.1 Å². The van der Waals surface area contributed by atoms with E-state index in [2.05, 4.69) is 0 Å². The number of thiophene rings is 1. The molecule has 0 N–H and O–H groups in total. The molecule has 1 aromatic carbocycles. The van der Waals surface area contributed by atoms with Crippen LogP contribution in [0, 0.1) is 0 Å². The maximum atomic E-state index is 12.5. The molecular weight excluding hydrogens is 314 g/mol. The molecule has 0 unspecified atom stereocenters. The molecule has 6 nitrogen and oxygen atoms in total. The number of likely N-dealkylation sites (N-methyl/N-ethyl adjacent to an activating group) is 1. The Kier molecular flexibility index (Phi) is 3.87. The largest absolute Gasteiger partial charge is 0.331 e. The van der Waals surface area contributed by atoms with Crippen LogP contribution >= 0.6 is 11.3 Å². The molecule has 0 aliphatic carbocycles. The monoisotopic (exact) mass is 329 g/mol. The molecule has 0 radical (unpaired) electrons. The Balaban J connectivity index is 2.02. The summed E-state index contributed by atoms with van der Waals surface area (Å²) in [6, 6.07) is 10.9. The second kappa shape index (κ2) is 5.85. The van der Waals surface area contributed by atoms with E-state index in [1.54, 1.807) is 18.5 Å². The van der Waals surface area contributed by atoms with Gasteiger partial charge in [-0.3, -0.25) is 18.7 Å². The van der Waals surface area contributed by atoms with E-state index in [0.29, 0.717) is 10.2 Å². The van der Waals surface area contributed by atoms with Crippen LogP contribution in [-0.2, 0) is 18.4 Å². The molecule has 0 fully saturated rings. The number of rotatable bonds is 3. The number of carbonyl (C=O) groups is 1. The third-order valence-corrected chi connectivity index (χ3v) is 4.65. The predicted molar refractivity (Wildman–Crippen MR) is 91.2 cm³/mol. The standard InChI is InChI=1S/C16H15N3O3S/c1-17(11-6-4-3-5-7-11)13(20)10-19-12-8-9-23-14(12)15(21)18(2)16(19)22/h3-9H,10H2,1-2H3. The number of fused-ring (bicyclic) bond motifs is 1. The summed E-state index contributed by atoms with van der Waals surface area (Å²) in [6.45, 7) is -0.119. The van der Waals surface area contributed by atoms with Crippen LogP contribution in [0.5, 0.6) is 0 Å². The molecule has 2 aromatic heterocycles. The van der Waals surface area contributed by atoms with Crippen LogP contribution in [0.3, 0.4) is 0 Å². The molecule has 0 saturated heterocycles. The lowest BCUT2D eigenvalue weighted by Crippen LogP contribution is -2.41. The minimum absolute atomic E-state index is 0.119. The van der Waals surface area contributed by atoms with Crippen LogP contribution in [0.25, 0.3) is 10.2 Å². The van der Waals surface area contributed by atoms with E-state index in [-0.39, 0.29) is 18.0 Å². The van der Waals surface area contributed by atoms with Crippen LogP contribution in [0.15, 0.2) is 51.4 Å². The number of amides is 1. The third-order valence-electron chi connectivity index (χ3n) is 3.76. The maximum absolute atomic E-state index is 12.5. The van der Waals surface area contributed by atoms with Crippen molar-refractivity contribution in [2.45, 2.75) is 6.54 Å². The highest BCUT2D eigenvalue weighted by Gasteiger charge is 2.17. The Hall–Kier alpha value is -2.67. The fourth-order valence-electron chi connectivity index (χ4n) is 2.39. The summed E-state index contributed by atoms with van der Waals surface area (Å²) in [4.78, 5) is 38.4. The van der Waals surface area contributed by atoms with Crippen LogP contribution in [-0.4, -0.2) is 22.1 Å². The van der Waals surface area contributed by atoms with Gasteiger partial charge in [0.1, 0.15) is 11.2 Å². The lowest BCUT2D eigenvalue weighted by Gasteiger charge is -2.18. The number of aromatic nitrogens is 2. The second-order valence-electron chi connectivity index (χ2n) is 5.16. The second-order valence-corrected chi connectivity index (χ2v) is 6.07. The lowest BCUT2D eigenvalue weighted by atomic mass is 10.3. The van der Waals surface area contributed by atoms with E-state index in [4.69, 9.17) is 0 Å². The number of carbonyl (C=O) groups excluding carboxylic acids is 1. The molecule has 0 atom stereocenters. The first-order valence-corrected chi connectivity index (χ1v) is 7.87. The molecule has 0 aliphatic rings. The van der Waals surface area contributed by atoms with Gasteiger partial charge < -0.3 is 4.90 Å². The molecule has 3 rings (SSSR count). The van der Waals surface area contributed by atoms with Crippen molar-refractivity contribution in [1.82, 2.24) is 9.13 Å². The van der Waals surface area contributed by atoms with E-state index in [9.17, 15) is 14.4 Å². The van der Waals surface area contributed by atoms with Crippen LogP contribution in [0.4, 0.5) is 5.69 Å². The van der Waals surface area contributed by atoms with E-state index >= 15 is 0 Å². The SMILES string of the molecule is CN(C(=O)Cn1c(=O)n(C)c(=O)c2sccc21)c1ccccc1. The highest BCUT2D eigenvalue weighted by atomic mass is 32.1. The molecule has 7 heteroatoms. The topological polar surface area (TPSA) is 64.3 Å². The first-order valence-electron chi connectivity index (χ1n) is 6.99. The summed E-state index contributed by atoms with van der Waals surface area (Å²) in [5, 5.41) is 1.74. The van der Waals surface area contributed by atoms with Gasteiger partial charge in [0.25, 0.3) is 5.56 Å². The first kappa shape index (κ1) is 15.2. The van der Waals surface area contributed by atoms with Crippen LogP contribution in [0.2, 0.25) is 0 Å². The van der Waals surface area contributed by atoms with Gasteiger partial charge in [0.15, 0.2) is 0 Å². The summed E-state index contributed by atoms with van der Waals surface area (Å²) in [5.41, 5.74) is 0.422. The van der Waals surface area contributed by atoms with Crippen molar-refractivity contribution in [1.29, 1.82) is 0 Å². The zero-order chi connectivity index (χ0) is 16.6. The summed E-state index contributed by atoms with van der Waals surface area (Å²) >= 11 is 1.26. The normalized spacial score (nSPS) is 10.9. The zero-order valence-corrected chi connectivity index (χ0v) is 13.5. The summed E-state index contributed by atoms with van der Waals surface area (Å²) in [6.07, 6.45) is 0. The molecule has 0 spiro atoms.